The number of hydrogen-bond donors (Lipinski definition) is 2. The highest BCUT2D eigenvalue weighted by molar-refractivity contribution is 7.87. The van der Waals surface area contributed by atoms with E-state index in [0.717, 1.165) is 32.1 Å². The molecule has 0 saturated carbocycles. The number of aliphatic hydroxyl groups is 1. The maximum atomic E-state index is 12.4. The van der Waals surface area contributed by atoms with Gasteiger partial charge < -0.3 is 9.84 Å². The molecular weight excluding hydrogens is 268 g/mol. The van der Waals surface area contributed by atoms with Gasteiger partial charge in [0.15, 0.2) is 0 Å². The lowest BCUT2D eigenvalue weighted by molar-refractivity contribution is 0.148. The maximum absolute atomic E-state index is 12.4. The summed E-state index contributed by atoms with van der Waals surface area (Å²) in [7, 11) is -1.98. The van der Waals surface area contributed by atoms with Crippen LogP contribution in [-0.4, -0.2) is 56.8 Å². The van der Waals surface area contributed by atoms with E-state index in [-0.39, 0.29) is 18.7 Å². The van der Waals surface area contributed by atoms with Crippen LogP contribution < -0.4 is 4.72 Å². The number of piperidine rings is 1. The second-order valence-corrected chi connectivity index (χ2v) is 6.66. The van der Waals surface area contributed by atoms with Gasteiger partial charge in [-0.3, -0.25) is 0 Å². The van der Waals surface area contributed by atoms with E-state index in [1.54, 1.807) is 7.11 Å². The molecule has 6 nitrogen and oxygen atoms in total. The van der Waals surface area contributed by atoms with Crippen molar-refractivity contribution in [2.45, 2.75) is 51.1 Å². The monoisotopic (exact) mass is 294 g/mol. The van der Waals surface area contributed by atoms with E-state index in [0.29, 0.717) is 13.2 Å². The van der Waals surface area contributed by atoms with Crippen LogP contribution in [0.5, 0.6) is 0 Å². The molecule has 2 N–H and O–H groups in total. The predicted molar refractivity (Wildman–Crippen MR) is 74.1 cm³/mol. The second-order valence-electron chi connectivity index (χ2n) is 5.01. The predicted octanol–water partition coefficient (Wildman–Crippen LogP) is 0.483. The van der Waals surface area contributed by atoms with E-state index in [1.807, 2.05) is 6.92 Å². The Balaban J connectivity index is 2.71. The van der Waals surface area contributed by atoms with Crippen LogP contribution in [0.2, 0.25) is 0 Å². The number of hydrogen-bond acceptors (Lipinski definition) is 4. The van der Waals surface area contributed by atoms with E-state index in [9.17, 15) is 13.5 Å². The molecule has 0 radical (unpaired) electrons. The first-order valence-electron chi connectivity index (χ1n) is 6.94. The van der Waals surface area contributed by atoms with Crippen molar-refractivity contribution in [2.24, 2.45) is 0 Å². The molecule has 19 heavy (non-hydrogen) atoms. The molecule has 0 amide bonds. The Bertz CT molecular complexity index is 342. The van der Waals surface area contributed by atoms with Gasteiger partial charge in [0.1, 0.15) is 0 Å². The molecule has 2 atom stereocenters. The van der Waals surface area contributed by atoms with Crippen molar-refractivity contribution >= 4 is 10.2 Å². The van der Waals surface area contributed by atoms with Crippen LogP contribution in [0.3, 0.4) is 0 Å². The lowest BCUT2D eigenvalue weighted by atomic mass is 10.1. The molecule has 114 valence electrons. The topological polar surface area (TPSA) is 78.9 Å². The Morgan fingerprint density at radius 1 is 1.47 bits per heavy atom. The molecule has 0 aliphatic carbocycles. The van der Waals surface area contributed by atoms with Crippen molar-refractivity contribution in [3.8, 4) is 0 Å². The maximum Gasteiger partial charge on any atom is 0.280 e. The van der Waals surface area contributed by atoms with Crippen molar-refractivity contribution in [3.63, 3.8) is 0 Å². The fourth-order valence-electron chi connectivity index (χ4n) is 2.48. The Kier molecular flexibility index (Phi) is 7.23. The quantitative estimate of drug-likeness (QED) is 0.682. The van der Waals surface area contributed by atoms with Gasteiger partial charge >= 0.3 is 0 Å². The normalized spacial score (nSPS) is 23.4. The van der Waals surface area contributed by atoms with Gasteiger partial charge in [0.25, 0.3) is 10.2 Å². The van der Waals surface area contributed by atoms with E-state index in [2.05, 4.69) is 4.72 Å². The van der Waals surface area contributed by atoms with Crippen molar-refractivity contribution in [1.29, 1.82) is 0 Å². The number of rotatable bonds is 8. The van der Waals surface area contributed by atoms with Gasteiger partial charge in [0.05, 0.1) is 13.2 Å². The Hall–Kier alpha value is -0.210. The fraction of sp³-hybridized carbons (Fsp3) is 1.00. The summed E-state index contributed by atoms with van der Waals surface area (Å²) in [4.78, 5) is 0. The summed E-state index contributed by atoms with van der Waals surface area (Å²) in [6.07, 6.45) is 4.17. The number of nitrogens with zero attached hydrogens (tertiary/aromatic N) is 1. The molecule has 0 bridgehead atoms. The summed E-state index contributed by atoms with van der Waals surface area (Å²) >= 11 is 0. The molecule has 1 heterocycles. The van der Waals surface area contributed by atoms with Gasteiger partial charge in [-0.15, -0.1) is 0 Å². The van der Waals surface area contributed by atoms with E-state index >= 15 is 0 Å². The van der Waals surface area contributed by atoms with E-state index in [4.69, 9.17) is 4.74 Å². The van der Waals surface area contributed by atoms with Gasteiger partial charge in [-0.2, -0.15) is 17.4 Å². The summed E-state index contributed by atoms with van der Waals surface area (Å²) < 4.78 is 33.9. The average Bonchev–Trinajstić information content (AvgIpc) is 2.39. The molecule has 1 aliphatic rings. The fourth-order valence-corrected chi connectivity index (χ4v) is 4.15. The third-order valence-corrected chi connectivity index (χ3v) is 5.14. The first kappa shape index (κ1) is 16.8. The lowest BCUT2D eigenvalue weighted by Gasteiger charge is -2.34. The largest absolute Gasteiger partial charge is 0.395 e. The molecule has 0 aromatic heterocycles. The SMILES string of the molecule is CCCC(COC)NS(=O)(=O)N1CCCCC1CO. The van der Waals surface area contributed by atoms with Gasteiger partial charge in [0.2, 0.25) is 0 Å². The highest BCUT2D eigenvalue weighted by atomic mass is 32.2. The standard InChI is InChI=1S/C12H26N2O4S/c1-3-6-11(10-18-2)13-19(16,17)14-8-5-4-7-12(14)9-15/h11-13,15H,3-10H2,1-2H3. The minimum Gasteiger partial charge on any atom is -0.395 e. The zero-order valence-electron chi connectivity index (χ0n) is 11.8. The van der Waals surface area contributed by atoms with Crippen molar-refractivity contribution < 1.29 is 18.3 Å². The van der Waals surface area contributed by atoms with E-state index < -0.39 is 10.2 Å². The lowest BCUT2D eigenvalue weighted by Crippen LogP contribution is -2.53. The van der Waals surface area contributed by atoms with Crippen molar-refractivity contribution in [2.75, 3.05) is 26.9 Å². The molecule has 1 saturated heterocycles. The molecular formula is C12H26N2O4S. The third-order valence-electron chi connectivity index (χ3n) is 3.41. The summed E-state index contributed by atoms with van der Waals surface area (Å²) in [5.41, 5.74) is 0. The molecule has 7 heteroatoms. The van der Waals surface area contributed by atoms with E-state index in [1.165, 1.54) is 4.31 Å². The summed E-state index contributed by atoms with van der Waals surface area (Å²) in [6.45, 7) is 2.73. The zero-order valence-corrected chi connectivity index (χ0v) is 12.7. The molecule has 0 aromatic rings. The van der Waals surface area contributed by atoms with Gasteiger partial charge in [-0.05, 0) is 19.3 Å². The zero-order chi connectivity index (χ0) is 14.3. The minimum atomic E-state index is -3.54. The second kappa shape index (κ2) is 8.16. The summed E-state index contributed by atoms with van der Waals surface area (Å²) in [5, 5.41) is 9.31. The molecule has 2 unspecified atom stereocenters. The van der Waals surface area contributed by atoms with Crippen LogP contribution >= 0.6 is 0 Å². The molecule has 1 aliphatic heterocycles. The number of ether oxygens (including phenoxy) is 1. The Labute approximate surface area is 116 Å². The van der Waals surface area contributed by atoms with Crippen LogP contribution in [0.15, 0.2) is 0 Å². The average molecular weight is 294 g/mol. The molecule has 0 aromatic carbocycles. The van der Waals surface area contributed by atoms with Crippen LogP contribution in [0.4, 0.5) is 0 Å². The molecule has 1 fully saturated rings. The van der Waals surface area contributed by atoms with Gasteiger partial charge in [0, 0.05) is 25.7 Å². The Morgan fingerprint density at radius 2 is 2.21 bits per heavy atom. The minimum absolute atomic E-state index is 0.121. The third kappa shape index (κ3) is 5.00. The van der Waals surface area contributed by atoms with Crippen molar-refractivity contribution in [3.05, 3.63) is 0 Å². The van der Waals surface area contributed by atoms with Crippen LogP contribution in [-0.2, 0) is 14.9 Å². The smallest absolute Gasteiger partial charge is 0.280 e. The first-order chi connectivity index (χ1) is 9.05. The van der Waals surface area contributed by atoms with Crippen molar-refractivity contribution in [1.82, 2.24) is 9.03 Å². The molecule has 1 rings (SSSR count). The van der Waals surface area contributed by atoms with Gasteiger partial charge in [-0.1, -0.05) is 19.8 Å². The number of aliphatic hydroxyl groups excluding tert-OH is 1. The van der Waals surface area contributed by atoms with Gasteiger partial charge in [-0.25, -0.2) is 0 Å². The first-order valence-corrected chi connectivity index (χ1v) is 8.38. The Morgan fingerprint density at radius 3 is 2.79 bits per heavy atom. The van der Waals surface area contributed by atoms with Crippen LogP contribution in [0, 0.1) is 0 Å². The number of nitrogens with one attached hydrogen (secondary N) is 1. The highest BCUT2D eigenvalue weighted by Gasteiger charge is 2.33. The highest BCUT2D eigenvalue weighted by Crippen LogP contribution is 2.19. The molecule has 0 spiro atoms. The summed E-state index contributed by atoms with van der Waals surface area (Å²) in [6, 6.07) is -0.502. The van der Waals surface area contributed by atoms with Crippen LogP contribution in [0.25, 0.3) is 0 Å². The number of methoxy groups -OCH3 is 1. The summed E-state index contributed by atoms with van der Waals surface area (Å²) in [5.74, 6) is 0. The van der Waals surface area contributed by atoms with Crippen LogP contribution in [0.1, 0.15) is 39.0 Å².